The molecule has 1 fully saturated rings. The molecule has 0 bridgehead atoms. The summed E-state index contributed by atoms with van der Waals surface area (Å²) >= 11 is 1.18. The zero-order valence-corrected chi connectivity index (χ0v) is 19.3. The Morgan fingerprint density at radius 1 is 1.30 bits per heavy atom. The van der Waals surface area contributed by atoms with Crippen LogP contribution >= 0.6 is 11.8 Å². The molecule has 2 aromatic carbocycles. The van der Waals surface area contributed by atoms with E-state index in [4.69, 9.17) is 5.11 Å². The molecule has 0 atom stereocenters. The first-order chi connectivity index (χ1) is 15.9. The maximum absolute atomic E-state index is 12.5. The Labute approximate surface area is 197 Å². The number of carboxylic acid groups (broad SMARTS) is 1. The summed E-state index contributed by atoms with van der Waals surface area (Å²) in [6, 6.07) is 14.6. The summed E-state index contributed by atoms with van der Waals surface area (Å²) in [5.41, 5.74) is 3.07. The number of anilines is 1. The molecule has 1 saturated carbocycles. The predicted molar refractivity (Wildman–Crippen MR) is 131 cm³/mol. The van der Waals surface area contributed by atoms with Crippen molar-refractivity contribution in [3.8, 4) is 6.07 Å². The molecule has 33 heavy (non-hydrogen) atoms. The molecular formula is C24H25N5O3S. The van der Waals surface area contributed by atoms with Crippen LogP contribution in [0.5, 0.6) is 0 Å². The third-order valence-electron chi connectivity index (χ3n) is 5.09. The highest BCUT2D eigenvalue weighted by Gasteiger charge is 2.23. The summed E-state index contributed by atoms with van der Waals surface area (Å²) in [6.45, 7) is 2.17. The second kappa shape index (κ2) is 11.3. The molecular weight excluding hydrogens is 438 g/mol. The van der Waals surface area contributed by atoms with Gasteiger partial charge in [0.25, 0.3) is 0 Å². The Balaban J connectivity index is 1.64. The number of rotatable bonds is 8. The van der Waals surface area contributed by atoms with Crippen LogP contribution in [0.15, 0.2) is 52.7 Å². The van der Waals surface area contributed by atoms with Crippen LogP contribution in [0.1, 0.15) is 52.7 Å². The Morgan fingerprint density at radius 3 is 2.76 bits per heavy atom. The lowest BCUT2D eigenvalue weighted by Crippen LogP contribution is -2.29. The SMILES string of the molecule is C/C=N\N=C(\SCC(=O)NCc1cccc(C2CC2)c1)N(C)c1ccc(C(=O)O)cc1C#N. The van der Waals surface area contributed by atoms with Crippen LogP contribution in [0.25, 0.3) is 0 Å². The molecule has 8 nitrogen and oxygen atoms in total. The average molecular weight is 464 g/mol. The van der Waals surface area contributed by atoms with Crippen molar-refractivity contribution in [3.63, 3.8) is 0 Å². The smallest absolute Gasteiger partial charge is 0.335 e. The fourth-order valence-electron chi connectivity index (χ4n) is 3.21. The van der Waals surface area contributed by atoms with E-state index >= 15 is 0 Å². The van der Waals surface area contributed by atoms with E-state index in [9.17, 15) is 14.9 Å². The van der Waals surface area contributed by atoms with Crippen LogP contribution in [0.2, 0.25) is 0 Å². The van der Waals surface area contributed by atoms with Crippen molar-refractivity contribution in [3.05, 3.63) is 64.7 Å². The van der Waals surface area contributed by atoms with Crippen LogP contribution in [0, 0.1) is 11.3 Å². The van der Waals surface area contributed by atoms with Crippen molar-refractivity contribution < 1.29 is 14.7 Å². The molecule has 0 aliphatic heterocycles. The van der Waals surface area contributed by atoms with E-state index in [1.54, 1.807) is 24.9 Å². The van der Waals surface area contributed by atoms with Crippen molar-refractivity contribution in [2.45, 2.75) is 32.2 Å². The third kappa shape index (κ3) is 6.67. The summed E-state index contributed by atoms with van der Waals surface area (Å²) in [7, 11) is 1.69. The molecule has 0 aromatic heterocycles. The highest BCUT2D eigenvalue weighted by molar-refractivity contribution is 8.14. The molecule has 3 rings (SSSR count). The van der Waals surface area contributed by atoms with Gasteiger partial charge >= 0.3 is 5.97 Å². The summed E-state index contributed by atoms with van der Waals surface area (Å²) < 4.78 is 0. The van der Waals surface area contributed by atoms with Crippen molar-refractivity contribution in [2.24, 2.45) is 10.2 Å². The number of amidine groups is 1. The van der Waals surface area contributed by atoms with Crippen molar-refractivity contribution >= 4 is 40.7 Å². The fraction of sp³-hybridized carbons (Fsp3) is 0.292. The topological polar surface area (TPSA) is 118 Å². The number of hydrogen-bond acceptors (Lipinski definition) is 6. The lowest BCUT2D eigenvalue weighted by atomic mass is 10.1. The average Bonchev–Trinajstić information content (AvgIpc) is 3.68. The van der Waals surface area contributed by atoms with E-state index in [0.29, 0.717) is 23.3 Å². The Morgan fingerprint density at radius 2 is 2.09 bits per heavy atom. The second-order valence-corrected chi connectivity index (χ2v) is 8.49. The first-order valence-electron chi connectivity index (χ1n) is 10.5. The molecule has 2 aromatic rings. The Hall–Kier alpha value is -3.64. The first kappa shape index (κ1) is 24.0. The zero-order chi connectivity index (χ0) is 23.8. The lowest BCUT2D eigenvalue weighted by molar-refractivity contribution is -0.118. The number of carbonyl (C=O) groups is 2. The highest BCUT2D eigenvalue weighted by atomic mass is 32.2. The van der Waals surface area contributed by atoms with Gasteiger partial charge in [-0.1, -0.05) is 36.0 Å². The van der Waals surface area contributed by atoms with Crippen molar-refractivity contribution in [1.29, 1.82) is 5.26 Å². The highest BCUT2D eigenvalue weighted by Crippen LogP contribution is 2.40. The van der Waals surface area contributed by atoms with Crippen LogP contribution in [-0.4, -0.2) is 41.2 Å². The first-order valence-corrected chi connectivity index (χ1v) is 11.5. The molecule has 0 heterocycles. The minimum absolute atomic E-state index is 0.0200. The number of aromatic carboxylic acids is 1. The molecule has 9 heteroatoms. The summed E-state index contributed by atoms with van der Waals surface area (Å²) in [6.07, 6.45) is 3.98. The summed E-state index contributed by atoms with van der Waals surface area (Å²) in [5.74, 6) is -0.494. The largest absolute Gasteiger partial charge is 0.478 e. The van der Waals surface area contributed by atoms with Gasteiger partial charge in [0.15, 0.2) is 5.17 Å². The van der Waals surface area contributed by atoms with E-state index in [1.165, 1.54) is 48.5 Å². The van der Waals surface area contributed by atoms with Gasteiger partial charge in [0.1, 0.15) is 6.07 Å². The number of hydrogen-bond donors (Lipinski definition) is 2. The van der Waals surface area contributed by atoms with Crippen LogP contribution in [0.4, 0.5) is 5.69 Å². The molecule has 0 radical (unpaired) electrons. The normalized spacial score (nSPS) is 13.5. The van der Waals surface area contributed by atoms with Crippen LogP contribution in [-0.2, 0) is 11.3 Å². The standard InChI is InChI=1S/C24H25N5O3S/c1-3-27-28-24(29(2)21-10-9-19(23(31)32)12-20(21)13-25)33-15-22(30)26-14-16-5-4-6-18(11-16)17-7-8-17/h3-6,9-12,17H,7-8,14-15H2,1-2H3,(H,26,30)(H,31,32)/b27-3-,28-24+. The lowest BCUT2D eigenvalue weighted by Gasteiger charge is -2.21. The van der Waals surface area contributed by atoms with Crippen LogP contribution in [0.3, 0.4) is 0 Å². The van der Waals surface area contributed by atoms with E-state index in [-0.39, 0.29) is 22.8 Å². The number of nitrogens with one attached hydrogen (secondary N) is 1. The van der Waals surface area contributed by atoms with Gasteiger partial charge in [0.05, 0.1) is 22.6 Å². The molecule has 1 amide bonds. The number of nitriles is 1. The third-order valence-corrected chi connectivity index (χ3v) is 6.11. The number of carbonyl (C=O) groups excluding carboxylic acids is 1. The van der Waals surface area contributed by atoms with Gasteiger partial charge < -0.3 is 15.3 Å². The molecule has 0 spiro atoms. The molecule has 0 saturated heterocycles. The monoisotopic (exact) mass is 463 g/mol. The number of carboxylic acids is 1. The van der Waals surface area contributed by atoms with E-state index in [2.05, 4.69) is 27.7 Å². The molecule has 0 unspecified atom stereocenters. The van der Waals surface area contributed by atoms with E-state index in [0.717, 1.165) is 5.56 Å². The summed E-state index contributed by atoms with van der Waals surface area (Å²) in [5, 5.41) is 30.0. The Kier molecular flexibility index (Phi) is 8.22. The number of thioether (sulfide) groups is 1. The molecule has 1 aliphatic rings. The zero-order valence-electron chi connectivity index (χ0n) is 18.5. The quantitative estimate of drug-likeness (QED) is 0.347. The minimum Gasteiger partial charge on any atom is -0.478 e. The van der Waals surface area contributed by atoms with Crippen LogP contribution < -0.4 is 10.2 Å². The summed E-state index contributed by atoms with van der Waals surface area (Å²) in [4.78, 5) is 25.3. The predicted octanol–water partition coefficient (Wildman–Crippen LogP) is 3.98. The van der Waals surface area contributed by atoms with Gasteiger partial charge in [0, 0.05) is 19.8 Å². The van der Waals surface area contributed by atoms with Gasteiger partial charge in [-0.15, -0.1) is 5.10 Å². The van der Waals surface area contributed by atoms with Gasteiger partial charge in [-0.2, -0.15) is 10.4 Å². The maximum Gasteiger partial charge on any atom is 0.335 e. The van der Waals surface area contributed by atoms with Gasteiger partial charge in [-0.25, -0.2) is 4.79 Å². The number of nitrogens with zero attached hydrogens (tertiary/aromatic N) is 4. The second-order valence-electron chi connectivity index (χ2n) is 7.55. The van der Waals surface area contributed by atoms with Crippen molar-refractivity contribution in [1.82, 2.24) is 5.32 Å². The van der Waals surface area contributed by atoms with Gasteiger partial charge in [0.2, 0.25) is 5.91 Å². The Bertz CT molecular complexity index is 1140. The number of amides is 1. The van der Waals surface area contributed by atoms with Gasteiger partial charge in [-0.3, -0.25) is 4.79 Å². The number of benzene rings is 2. The van der Waals surface area contributed by atoms with Crippen molar-refractivity contribution in [2.75, 3.05) is 17.7 Å². The molecule has 170 valence electrons. The van der Waals surface area contributed by atoms with Gasteiger partial charge in [-0.05, 0) is 55.0 Å². The molecule has 1 aliphatic carbocycles. The maximum atomic E-state index is 12.5. The van der Waals surface area contributed by atoms with E-state index in [1.807, 2.05) is 18.2 Å². The fourth-order valence-corrected chi connectivity index (χ4v) is 3.97. The molecule has 2 N–H and O–H groups in total. The van der Waals surface area contributed by atoms with E-state index < -0.39 is 5.97 Å². The minimum atomic E-state index is -1.11.